The minimum absolute atomic E-state index is 0.0438. The molecule has 4 rings (SSSR count). The van der Waals surface area contributed by atoms with Crippen LogP contribution in [0.1, 0.15) is 72.1 Å². The molecule has 4 aliphatic carbocycles. The number of hydrogen-bond donors (Lipinski definition) is 0. The van der Waals surface area contributed by atoms with Crippen molar-refractivity contribution in [2.75, 3.05) is 0 Å². The Morgan fingerprint density at radius 3 is 2.58 bits per heavy atom. The van der Waals surface area contributed by atoms with Crippen molar-refractivity contribution in [3.05, 3.63) is 11.6 Å². The first-order valence-electron chi connectivity index (χ1n) is 9.74. The zero-order valence-corrected chi connectivity index (χ0v) is 15.3. The summed E-state index contributed by atoms with van der Waals surface area (Å²) < 4.78 is 5.50. The molecule has 0 spiro atoms. The lowest BCUT2D eigenvalue weighted by Gasteiger charge is -2.56. The Morgan fingerprint density at radius 2 is 1.83 bits per heavy atom. The number of Topliss-reactive ketones (excluding diaryl/α,β-unsaturated/α-hetero) is 1. The summed E-state index contributed by atoms with van der Waals surface area (Å²) >= 11 is 0. The molecule has 0 radical (unpaired) electrons. The van der Waals surface area contributed by atoms with E-state index in [1.807, 2.05) is 0 Å². The number of ketones is 1. The summed E-state index contributed by atoms with van der Waals surface area (Å²) in [5.41, 5.74) is 1.74. The van der Waals surface area contributed by atoms with Gasteiger partial charge in [0.1, 0.15) is 11.9 Å². The van der Waals surface area contributed by atoms with Gasteiger partial charge in [-0.05, 0) is 61.7 Å². The molecule has 3 saturated carbocycles. The van der Waals surface area contributed by atoms with Crippen molar-refractivity contribution < 1.29 is 14.3 Å². The van der Waals surface area contributed by atoms with Crippen LogP contribution >= 0.6 is 0 Å². The first kappa shape index (κ1) is 16.4. The fraction of sp³-hybridized carbons (Fsp3) is 0.810. The molecule has 0 saturated heterocycles. The number of carbonyl (C=O) groups is 2. The standard InChI is InChI=1S/C21H30O3/c1-13(22)24-15-8-10-20(2)14(12-15)4-5-16-17-6-7-19(23)21(17,3)11-9-18(16)20/h4,15-18H,5-12H2,1-3H3/t15-,16-,17-,18-,20?,21-/m0/s1. The molecule has 0 aliphatic heterocycles. The predicted octanol–water partition coefficient (Wildman–Crippen LogP) is 4.45. The maximum Gasteiger partial charge on any atom is 0.302 e. The largest absolute Gasteiger partial charge is 0.462 e. The summed E-state index contributed by atoms with van der Waals surface area (Å²) in [6.45, 7) is 6.19. The number of esters is 1. The zero-order chi connectivity index (χ0) is 17.1. The van der Waals surface area contributed by atoms with Crippen molar-refractivity contribution in [1.29, 1.82) is 0 Å². The molecule has 0 aromatic rings. The topological polar surface area (TPSA) is 43.4 Å². The molecule has 0 bridgehead atoms. The smallest absolute Gasteiger partial charge is 0.302 e. The fourth-order valence-corrected chi connectivity index (χ4v) is 6.73. The van der Waals surface area contributed by atoms with Crippen LogP contribution in [0, 0.1) is 28.6 Å². The second-order valence-electron chi connectivity index (χ2n) is 9.15. The zero-order valence-electron chi connectivity index (χ0n) is 15.3. The normalized spacial score (nSPS) is 47.3. The highest BCUT2D eigenvalue weighted by atomic mass is 16.5. The Kier molecular flexibility index (Phi) is 3.71. The van der Waals surface area contributed by atoms with Gasteiger partial charge in [-0.2, -0.15) is 0 Å². The van der Waals surface area contributed by atoms with Crippen LogP contribution in [0.25, 0.3) is 0 Å². The Morgan fingerprint density at radius 1 is 1.12 bits per heavy atom. The van der Waals surface area contributed by atoms with Crippen LogP contribution in [-0.2, 0) is 14.3 Å². The van der Waals surface area contributed by atoms with Gasteiger partial charge >= 0.3 is 5.97 Å². The van der Waals surface area contributed by atoms with E-state index in [9.17, 15) is 9.59 Å². The Balaban J connectivity index is 1.60. The van der Waals surface area contributed by atoms with Gasteiger partial charge in [0.2, 0.25) is 0 Å². The third kappa shape index (κ3) is 2.23. The maximum absolute atomic E-state index is 12.4. The van der Waals surface area contributed by atoms with Crippen LogP contribution in [0.2, 0.25) is 0 Å². The van der Waals surface area contributed by atoms with Crippen LogP contribution in [-0.4, -0.2) is 17.9 Å². The van der Waals surface area contributed by atoms with E-state index in [2.05, 4.69) is 19.9 Å². The van der Waals surface area contributed by atoms with Crippen molar-refractivity contribution in [1.82, 2.24) is 0 Å². The molecule has 132 valence electrons. The summed E-state index contributed by atoms with van der Waals surface area (Å²) in [5.74, 6) is 2.33. The van der Waals surface area contributed by atoms with Crippen molar-refractivity contribution >= 4 is 11.8 Å². The van der Waals surface area contributed by atoms with E-state index >= 15 is 0 Å². The highest BCUT2D eigenvalue weighted by Gasteiger charge is 2.58. The van der Waals surface area contributed by atoms with E-state index in [1.165, 1.54) is 18.9 Å². The second-order valence-corrected chi connectivity index (χ2v) is 9.15. The predicted molar refractivity (Wildman–Crippen MR) is 92.3 cm³/mol. The average molecular weight is 330 g/mol. The molecule has 6 atom stereocenters. The molecule has 0 aromatic carbocycles. The molecule has 3 fully saturated rings. The maximum atomic E-state index is 12.4. The van der Waals surface area contributed by atoms with E-state index in [-0.39, 0.29) is 22.9 Å². The lowest BCUT2D eigenvalue weighted by atomic mass is 9.48. The number of hydrogen-bond acceptors (Lipinski definition) is 3. The van der Waals surface area contributed by atoms with Crippen LogP contribution in [0.4, 0.5) is 0 Å². The average Bonchev–Trinajstić information content (AvgIpc) is 2.83. The van der Waals surface area contributed by atoms with Gasteiger partial charge < -0.3 is 4.74 Å². The third-order valence-electron chi connectivity index (χ3n) is 8.10. The van der Waals surface area contributed by atoms with E-state index < -0.39 is 0 Å². The Labute approximate surface area is 145 Å². The summed E-state index contributed by atoms with van der Waals surface area (Å²) in [7, 11) is 0. The molecular formula is C21H30O3. The number of allylic oxidation sites excluding steroid dienone is 1. The van der Waals surface area contributed by atoms with Crippen molar-refractivity contribution in [3.63, 3.8) is 0 Å². The van der Waals surface area contributed by atoms with E-state index in [0.29, 0.717) is 23.5 Å². The van der Waals surface area contributed by atoms with E-state index in [1.54, 1.807) is 0 Å². The van der Waals surface area contributed by atoms with Gasteiger partial charge in [0.05, 0.1) is 0 Å². The number of carbonyl (C=O) groups excluding carboxylic acids is 2. The molecule has 3 nitrogen and oxygen atoms in total. The number of rotatable bonds is 1. The third-order valence-corrected chi connectivity index (χ3v) is 8.10. The summed E-state index contributed by atoms with van der Waals surface area (Å²) in [6, 6.07) is 0. The van der Waals surface area contributed by atoms with Crippen molar-refractivity contribution in [2.24, 2.45) is 28.6 Å². The Hall–Kier alpha value is -1.12. The SMILES string of the molecule is CC(=O)O[C@H]1CCC2(C)C(=CC[C@@H]3[C@@H]2CC[C@]2(C)C(=O)CC[C@@H]32)C1. The molecular weight excluding hydrogens is 300 g/mol. The van der Waals surface area contributed by atoms with E-state index in [4.69, 9.17) is 4.74 Å². The molecule has 0 N–H and O–H groups in total. The highest BCUT2D eigenvalue weighted by molar-refractivity contribution is 5.87. The van der Waals surface area contributed by atoms with Gasteiger partial charge in [-0.3, -0.25) is 9.59 Å². The molecule has 0 aromatic heterocycles. The van der Waals surface area contributed by atoms with Gasteiger partial charge in [0.15, 0.2) is 0 Å². The minimum Gasteiger partial charge on any atom is -0.462 e. The summed E-state index contributed by atoms with van der Waals surface area (Å²) in [6.07, 6.45) is 10.8. The molecule has 0 amide bonds. The number of fused-ring (bicyclic) bond motifs is 5. The van der Waals surface area contributed by atoms with Crippen LogP contribution in [0.5, 0.6) is 0 Å². The summed E-state index contributed by atoms with van der Waals surface area (Å²) in [4.78, 5) is 23.7. The van der Waals surface area contributed by atoms with Gasteiger partial charge in [0, 0.05) is 25.2 Å². The van der Waals surface area contributed by atoms with Gasteiger partial charge in [-0.25, -0.2) is 0 Å². The van der Waals surface area contributed by atoms with E-state index in [0.717, 1.165) is 44.9 Å². The van der Waals surface area contributed by atoms with Crippen molar-refractivity contribution in [2.45, 2.75) is 78.2 Å². The quantitative estimate of drug-likeness (QED) is 0.527. The first-order valence-corrected chi connectivity index (χ1v) is 9.74. The van der Waals surface area contributed by atoms with Gasteiger partial charge in [0.25, 0.3) is 0 Å². The highest BCUT2D eigenvalue weighted by Crippen LogP contribution is 2.64. The lowest BCUT2D eigenvalue weighted by molar-refractivity contribution is -0.148. The van der Waals surface area contributed by atoms with Crippen LogP contribution < -0.4 is 0 Å². The molecule has 0 heterocycles. The minimum atomic E-state index is -0.157. The molecule has 1 unspecified atom stereocenters. The van der Waals surface area contributed by atoms with Crippen molar-refractivity contribution in [3.8, 4) is 0 Å². The van der Waals surface area contributed by atoms with Gasteiger partial charge in [-0.15, -0.1) is 0 Å². The van der Waals surface area contributed by atoms with Gasteiger partial charge in [-0.1, -0.05) is 25.5 Å². The monoisotopic (exact) mass is 330 g/mol. The Bertz CT molecular complexity index is 606. The van der Waals surface area contributed by atoms with Crippen LogP contribution in [0.15, 0.2) is 11.6 Å². The summed E-state index contributed by atoms with van der Waals surface area (Å²) in [5, 5.41) is 0. The molecule has 4 aliphatic rings. The number of ether oxygens (including phenoxy) is 1. The molecule has 24 heavy (non-hydrogen) atoms. The molecule has 3 heteroatoms. The second kappa shape index (κ2) is 5.44. The fourth-order valence-electron chi connectivity index (χ4n) is 6.73. The first-order chi connectivity index (χ1) is 11.3. The van der Waals surface area contributed by atoms with Crippen LogP contribution in [0.3, 0.4) is 0 Å². The lowest BCUT2D eigenvalue weighted by Crippen LogP contribution is -2.50.